The second-order valence-corrected chi connectivity index (χ2v) is 6.84. The molecule has 0 radical (unpaired) electrons. The van der Waals surface area contributed by atoms with Crippen molar-refractivity contribution < 1.29 is 34.2 Å². The number of nitrogens with two attached hydrogens (primary N) is 2. The summed E-state index contributed by atoms with van der Waals surface area (Å²) in [5, 5.41) is 25.4. The highest BCUT2D eigenvalue weighted by molar-refractivity contribution is 7.80. The van der Waals surface area contributed by atoms with Gasteiger partial charge in [0.1, 0.15) is 18.1 Å². The summed E-state index contributed by atoms with van der Waals surface area (Å²) in [7, 11) is 0. The number of aliphatic hydroxyl groups is 1. The van der Waals surface area contributed by atoms with E-state index in [9.17, 15) is 34.2 Å². The van der Waals surface area contributed by atoms with Gasteiger partial charge in [0, 0.05) is 5.75 Å². The van der Waals surface area contributed by atoms with Gasteiger partial charge in [-0.1, -0.05) is 20.3 Å². The number of carbonyl (C=O) groups is 5. The Morgan fingerprint density at radius 1 is 1.00 bits per heavy atom. The Balaban J connectivity index is 5.04. The molecule has 0 aliphatic carbocycles. The normalized spacial score (nSPS) is 15.9. The van der Waals surface area contributed by atoms with Crippen molar-refractivity contribution in [1.82, 2.24) is 16.0 Å². The van der Waals surface area contributed by atoms with Crippen LogP contribution in [0, 0.1) is 5.92 Å². The molecule has 29 heavy (non-hydrogen) atoms. The van der Waals surface area contributed by atoms with Crippen LogP contribution in [-0.2, 0) is 24.0 Å². The third kappa shape index (κ3) is 9.11. The molecule has 0 aromatic carbocycles. The van der Waals surface area contributed by atoms with Crippen LogP contribution in [0.1, 0.15) is 26.7 Å². The van der Waals surface area contributed by atoms with Crippen molar-refractivity contribution in [1.29, 1.82) is 0 Å². The largest absolute Gasteiger partial charge is 0.480 e. The molecule has 166 valence electrons. The fourth-order valence-corrected chi connectivity index (χ4v) is 2.44. The first-order chi connectivity index (χ1) is 13.5. The lowest BCUT2D eigenvalue weighted by atomic mass is 9.99. The van der Waals surface area contributed by atoms with Crippen molar-refractivity contribution in [2.45, 2.75) is 50.9 Å². The monoisotopic (exact) mass is 435 g/mol. The smallest absolute Gasteiger partial charge is 0.326 e. The van der Waals surface area contributed by atoms with Gasteiger partial charge in [-0.15, -0.1) is 0 Å². The van der Waals surface area contributed by atoms with E-state index in [2.05, 4.69) is 28.6 Å². The number of primary amides is 1. The van der Waals surface area contributed by atoms with Gasteiger partial charge in [-0.05, 0) is 5.92 Å². The number of aliphatic hydroxyl groups excluding tert-OH is 1. The number of amides is 4. The lowest BCUT2D eigenvalue weighted by Crippen LogP contribution is -2.59. The summed E-state index contributed by atoms with van der Waals surface area (Å²) in [4.78, 5) is 58.7. The minimum absolute atomic E-state index is 0.175. The second-order valence-electron chi connectivity index (χ2n) is 6.47. The maximum Gasteiger partial charge on any atom is 0.326 e. The van der Waals surface area contributed by atoms with Gasteiger partial charge in [0.15, 0.2) is 0 Å². The third-order valence-electron chi connectivity index (χ3n) is 4.17. The maximum atomic E-state index is 12.3. The summed E-state index contributed by atoms with van der Waals surface area (Å²) in [6.07, 6.45) is 0.0489. The topological polar surface area (TPSA) is 214 Å². The summed E-state index contributed by atoms with van der Waals surface area (Å²) >= 11 is 3.94. The quantitative estimate of drug-likeness (QED) is 0.137. The van der Waals surface area contributed by atoms with Crippen LogP contribution >= 0.6 is 12.6 Å². The van der Waals surface area contributed by atoms with E-state index in [4.69, 9.17) is 11.5 Å². The molecule has 0 saturated heterocycles. The third-order valence-corrected chi connectivity index (χ3v) is 4.53. The Morgan fingerprint density at radius 3 is 1.93 bits per heavy atom. The lowest BCUT2D eigenvalue weighted by Gasteiger charge is -2.25. The molecule has 0 heterocycles. The maximum absolute atomic E-state index is 12.3. The molecule has 0 saturated carbocycles. The molecular formula is C16H29N5O7S. The van der Waals surface area contributed by atoms with Crippen LogP contribution in [0.5, 0.6) is 0 Å². The fraction of sp³-hybridized carbons (Fsp3) is 0.688. The van der Waals surface area contributed by atoms with Crippen LogP contribution in [0.4, 0.5) is 0 Å². The number of carboxylic acid groups (broad SMARTS) is 1. The lowest BCUT2D eigenvalue weighted by molar-refractivity contribution is -0.144. The molecule has 5 unspecified atom stereocenters. The van der Waals surface area contributed by atoms with Gasteiger partial charge in [0.05, 0.1) is 19.1 Å². The number of nitrogens with one attached hydrogen (secondary N) is 3. The van der Waals surface area contributed by atoms with Crippen LogP contribution in [-0.4, -0.2) is 76.3 Å². The van der Waals surface area contributed by atoms with E-state index < -0.39 is 66.8 Å². The molecule has 4 amide bonds. The molecule has 0 aromatic rings. The standard InChI is InChI=1S/C16H29N5O7S/c1-3-7(2)12(16(27)28)21-14(25)9(5-22)19-15(26)10(6-29)20-13(24)8(17)4-11(18)23/h7-10,12,22,29H,3-6,17H2,1-2H3,(H2,18,23)(H,19,26)(H,20,24)(H,21,25)(H,27,28). The molecule has 0 aliphatic heterocycles. The van der Waals surface area contributed by atoms with Gasteiger partial charge >= 0.3 is 5.97 Å². The number of hydrogen-bond acceptors (Lipinski definition) is 8. The highest BCUT2D eigenvalue weighted by Crippen LogP contribution is 2.08. The summed E-state index contributed by atoms with van der Waals surface area (Å²) in [5.41, 5.74) is 10.4. The van der Waals surface area contributed by atoms with Crippen LogP contribution in [0.15, 0.2) is 0 Å². The van der Waals surface area contributed by atoms with Crippen molar-refractivity contribution in [2.75, 3.05) is 12.4 Å². The van der Waals surface area contributed by atoms with Crippen molar-refractivity contribution in [3.63, 3.8) is 0 Å². The number of aliphatic carboxylic acids is 1. The van der Waals surface area contributed by atoms with Crippen LogP contribution < -0.4 is 27.4 Å². The zero-order chi connectivity index (χ0) is 22.7. The van der Waals surface area contributed by atoms with Crippen molar-refractivity contribution >= 4 is 42.2 Å². The predicted octanol–water partition coefficient (Wildman–Crippen LogP) is -3.30. The number of carboxylic acids is 1. The first-order valence-corrected chi connectivity index (χ1v) is 9.51. The van der Waals surface area contributed by atoms with Gasteiger partial charge in [-0.3, -0.25) is 19.2 Å². The van der Waals surface area contributed by atoms with E-state index in [1.54, 1.807) is 13.8 Å². The Hall–Kier alpha value is -2.38. The highest BCUT2D eigenvalue weighted by atomic mass is 32.1. The summed E-state index contributed by atoms with van der Waals surface area (Å²) in [6.45, 7) is 2.58. The van der Waals surface area contributed by atoms with Crippen LogP contribution in [0.2, 0.25) is 0 Å². The van der Waals surface area contributed by atoms with E-state index in [0.717, 1.165) is 0 Å². The van der Waals surface area contributed by atoms with Crippen LogP contribution in [0.25, 0.3) is 0 Å². The summed E-state index contributed by atoms with van der Waals surface area (Å²) in [5.74, 6) is -5.20. The minimum atomic E-state index is -1.45. The van der Waals surface area contributed by atoms with Gasteiger partial charge < -0.3 is 37.6 Å². The molecular weight excluding hydrogens is 406 g/mol. The molecule has 0 rings (SSSR count). The molecule has 12 nitrogen and oxygen atoms in total. The molecule has 0 aliphatic rings. The number of hydrogen-bond donors (Lipinski definition) is 8. The Kier molecular flexibility index (Phi) is 11.9. The van der Waals surface area contributed by atoms with Crippen molar-refractivity contribution in [3.8, 4) is 0 Å². The Morgan fingerprint density at radius 2 is 1.52 bits per heavy atom. The molecule has 13 heteroatoms. The first kappa shape index (κ1) is 26.6. The Bertz CT molecular complexity index is 618. The number of carbonyl (C=O) groups excluding carboxylic acids is 4. The zero-order valence-corrected chi connectivity index (χ0v) is 17.1. The van der Waals surface area contributed by atoms with Crippen molar-refractivity contribution in [3.05, 3.63) is 0 Å². The Labute approximate surface area is 173 Å². The molecule has 0 fully saturated rings. The van der Waals surface area contributed by atoms with E-state index >= 15 is 0 Å². The molecule has 0 bridgehead atoms. The molecule has 0 spiro atoms. The average molecular weight is 436 g/mol. The predicted molar refractivity (Wildman–Crippen MR) is 106 cm³/mol. The van der Waals surface area contributed by atoms with Crippen LogP contribution in [0.3, 0.4) is 0 Å². The molecule has 0 aromatic heterocycles. The molecule has 9 N–H and O–H groups in total. The van der Waals surface area contributed by atoms with E-state index in [1.165, 1.54) is 0 Å². The summed E-state index contributed by atoms with van der Waals surface area (Å²) < 4.78 is 0. The second kappa shape index (κ2) is 13.0. The zero-order valence-electron chi connectivity index (χ0n) is 16.3. The SMILES string of the molecule is CCC(C)C(NC(=O)C(CO)NC(=O)C(CS)NC(=O)C(N)CC(N)=O)C(=O)O. The number of rotatable bonds is 13. The number of thiol groups is 1. The minimum Gasteiger partial charge on any atom is -0.480 e. The van der Waals surface area contributed by atoms with Gasteiger partial charge in [0.25, 0.3) is 0 Å². The first-order valence-electron chi connectivity index (χ1n) is 8.87. The van der Waals surface area contributed by atoms with Gasteiger partial charge in [-0.2, -0.15) is 12.6 Å². The van der Waals surface area contributed by atoms with Gasteiger partial charge in [0.2, 0.25) is 23.6 Å². The fourth-order valence-electron chi connectivity index (χ4n) is 2.19. The van der Waals surface area contributed by atoms with E-state index in [1.807, 2.05) is 0 Å². The van der Waals surface area contributed by atoms with E-state index in [-0.39, 0.29) is 11.7 Å². The van der Waals surface area contributed by atoms with Crippen molar-refractivity contribution in [2.24, 2.45) is 17.4 Å². The van der Waals surface area contributed by atoms with Gasteiger partial charge in [-0.25, -0.2) is 4.79 Å². The summed E-state index contributed by atoms with van der Waals surface area (Å²) in [6, 6.07) is -5.15. The molecule has 5 atom stereocenters. The average Bonchev–Trinajstić information content (AvgIpc) is 2.66. The van der Waals surface area contributed by atoms with E-state index in [0.29, 0.717) is 6.42 Å². The highest BCUT2D eigenvalue weighted by Gasteiger charge is 2.31.